The lowest BCUT2D eigenvalue weighted by molar-refractivity contribution is -0.0504. The highest BCUT2D eigenvalue weighted by Crippen LogP contribution is 2.26. The van der Waals surface area contributed by atoms with Crippen LogP contribution in [0, 0.1) is 0 Å². The molecular weight excluding hydrogens is 404 g/mol. The number of alkyl halides is 2. The second kappa shape index (κ2) is 9.74. The topological polar surface area (TPSA) is 80.1 Å². The zero-order valence-corrected chi connectivity index (χ0v) is 17.5. The summed E-state index contributed by atoms with van der Waals surface area (Å²) in [6.45, 7) is 3.49. The van der Waals surface area contributed by atoms with E-state index in [0.717, 1.165) is 23.0 Å². The van der Waals surface area contributed by atoms with Gasteiger partial charge in [0.05, 0.1) is 11.9 Å². The van der Waals surface area contributed by atoms with Gasteiger partial charge in [0.2, 0.25) is 0 Å². The van der Waals surface area contributed by atoms with E-state index < -0.39 is 5.92 Å². The van der Waals surface area contributed by atoms with E-state index in [2.05, 4.69) is 15.3 Å². The Kier molecular flexibility index (Phi) is 7.06. The molecule has 1 aliphatic heterocycles. The molecule has 0 aliphatic carbocycles. The molecule has 0 bridgehead atoms. The van der Waals surface area contributed by atoms with Crippen molar-refractivity contribution in [3.8, 4) is 5.69 Å². The quantitative estimate of drug-likeness (QED) is 0.644. The van der Waals surface area contributed by atoms with Crippen LogP contribution in [0.25, 0.3) is 16.7 Å². The highest BCUT2D eigenvalue weighted by atomic mass is 19.3. The molecule has 164 valence electrons. The molecule has 31 heavy (non-hydrogen) atoms. The molecule has 4 heterocycles. The van der Waals surface area contributed by atoms with Gasteiger partial charge in [0.15, 0.2) is 6.29 Å². The van der Waals surface area contributed by atoms with E-state index in [9.17, 15) is 18.4 Å². The fourth-order valence-electron chi connectivity index (χ4n) is 3.17. The van der Waals surface area contributed by atoms with Crippen molar-refractivity contribution in [1.29, 1.82) is 0 Å². The van der Waals surface area contributed by atoms with Gasteiger partial charge in [-0.1, -0.05) is 0 Å². The van der Waals surface area contributed by atoms with E-state index in [4.69, 9.17) is 0 Å². The van der Waals surface area contributed by atoms with Gasteiger partial charge in [-0.2, -0.15) is 0 Å². The van der Waals surface area contributed by atoms with Gasteiger partial charge in [-0.3, -0.25) is 14.2 Å². The highest BCUT2D eigenvalue weighted by molar-refractivity contribution is 5.92. The Morgan fingerprint density at radius 3 is 2.52 bits per heavy atom. The Hall–Kier alpha value is -3.20. The van der Waals surface area contributed by atoms with Gasteiger partial charge in [-0.15, -0.1) is 0 Å². The van der Waals surface area contributed by atoms with Crippen molar-refractivity contribution < 1.29 is 18.4 Å². The number of carbonyl (C=O) groups is 2. The monoisotopic (exact) mass is 429 g/mol. The molecule has 0 unspecified atom stereocenters. The lowest BCUT2D eigenvalue weighted by atomic mass is 10.1. The van der Waals surface area contributed by atoms with Gasteiger partial charge in [0.1, 0.15) is 11.3 Å². The van der Waals surface area contributed by atoms with Crippen LogP contribution in [0.4, 0.5) is 8.78 Å². The summed E-state index contributed by atoms with van der Waals surface area (Å²) in [5.41, 5.74) is 2.45. The van der Waals surface area contributed by atoms with Gasteiger partial charge in [0.25, 0.3) is 11.8 Å². The molecule has 0 spiro atoms. The number of nitrogens with one attached hydrogen (secondary N) is 1. The van der Waals surface area contributed by atoms with Gasteiger partial charge in [-0.25, -0.2) is 18.7 Å². The molecule has 1 aliphatic rings. The number of nitrogens with zero attached hydrogens (tertiary/aromatic N) is 4. The normalized spacial score (nSPS) is 15.7. The molecule has 9 heteroatoms. The number of hydrogen-bond acceptors (Lipinski definition) is 5. The number of likely N-dealkylation sites (tertiary alicyclic amines) is 1. The van der Waals surface area contributed by atoms with E-state index in [1.165, 1.54) is 6.20 Å². The molecule has 1 N–H and O–H groups in total. The van der Waals surface area contributed by atoms with E-state index in [-0.39, 0.29) is 18.7 Å². The molecule has 0 saturated carbocycles. The Balaban J connectivity index is 0.000000254. The zero-order valence-electron chi connectivity index (χ0n) is 17.5. The SMILES string of the molecule is CCNC(=O)c1ccc(-n2ccc3cc(C=O)cnc32)cn1.CN1CCC(F)(F)CC1. The first-order valence-corrected chi connectivity index (χ1v) is 10.1. The number of carbonyl (C=O) groups excluding carboxylic acids is 2. The van der Waals surface area contributed by atoms with E-state index in [0.29, 0.717) is 30.9 Å². The second-order valence-electron chi connectivity index (χ2n) is 7.41. The number of amides is 1. The Morgan fingerprint density at radius 1 is 1.19 bits per heavy atom. The summed E-state index contributed by atoms with van der Waals surface area (Å²) < 4.78 is 26.6. The number of aldehydes is 1. The molecule has 1 saturated heterocycles. The van der Waals surface area contributed by atoms with Crippen molar-refractivity contribution in [3.63, 3.8) is 0 Å². The fraction of sp³-hybridized carbons (Fsp3) is 0.364. The first kappa shape index (κ1) is 22.5. The van der Waals surface area contributed by atoms with Crippen LogP contribution in [0.15, 0.2) is 42.9 Å². The van der Waals surface area contributed by atoms with Crippen LogP contribution in [0.3, 0.4) is 0 Å². The summed E-state index contributed by atoms with van der Waals surface area (Å²) in [5.74, 6) is -2.58. The summed E-state index contributed by atoms with van der Waals surface area (Å²) in [4.78, 5) is 32.9. The maximum atomic E-state index is 12.4. The first-order chi connectivity index (χ1) is 14.8. The molecule has 3 aromatic heterocycles. The van der Waals surface area contributed by atoms with Crippen molar-refractivity contribution in [2.24, 2.45) is 0 Å². The van der Waals surface area contributed by atoms with Gasteiger partial charge >= 0.3 is 0 Å². The first-order valence-electron chi connectivity index (χ1n) is 10.1. The number of fused-ring (bicyclic) bond motifs is 1. The molecule has 0 atom stereocenters. The van der Waals surface area contributed by atoms with Gasteiger partial charge in [0, 0.05) is 55.8 Å². The van der Waals surface area contributed by atoms with Crippen molar-refractivity contribution in [2.45, 2.75) is 25.7 Å². The number of halogens is 2. The average Bonchev–Trinajstić information content (AvgIpc) is 3.20. The van der Waals surface area contributed by atoms with Crippen LogP contribution < -0.4 is 5.32 Å². The number of pyridine rings is 2. The summed E-state index contributed by atoms with van der Waals surface area (Å²) in [6, 6.07) is 7.15. The van der Waals surface area contributed by atoms with Crippen LogP contribution in [-0.2, 0) is 0 Å². The van der Waals surface area contributed by atoms with Crippen LogP contribution in [0.1, 0.15) is 40.6 Å². The molecule has 4 rings (SSSR count). The molecule has 3 aromatic rings. The standard InChI is InChI=1S/C16H14N4O2.C6H11F2N/c1-2-17-16(22)14-4-3-13(9-18-14)20-6-5-12-7-11(10-21)8-19-15(12)20;1-9-4-2-6(7,8)3-5-9/h3-10H,2H2,1H3,(H,17,22);2-5H2,1H3. The Morgan fingerprint density at radius 2 is 1.94 bits per heavy atom. The third kappa shape index (κ3) is 5.69. The highest BCUT2D eigenvalue weighted by Gasteiger charge is 2.32. The van der Waals surface area contributed by atoms with Crippen LogP contribution >= 0.6 is 0 Å². The Labute approximate surface area is 179 Å². The van der Waals surface area contributed by atoms with Gasteiger partial charge in [-0.05, 0) is 38.2 Å². The third-order valence-electron chi connectivity index (χ3n) is 5.00. The second-order valence-corrected chi connectivity index (χ2v) is 7.41. The van der Waals surface area contributed by atoms with Crippen LogP contribution in [0.5, 0.6) is 0 Å². The van der Waals surface area contributed by atoms with Crippen molar-refractivity contribution >= 4 is 23.2 Å². The molecule has 1 amide bonds. The summed E-state index contributed by atoms with van der Waals surface area (Å²) in [7, 11) is 1.87. The minimum atomic E-state index is -2.38. The minimum Gasteiger partial charge on any atom is -0.351 e. The van der Waals surface area contributed by atoms with Crippen LogP contribution in [0.2, 0.25) is 0 Å². The smallest absolute Gasteiger partial charge is 0.269 e. The van der Waals surface area contributed by atoms with Crippen molar-refractivity contribution in [2.75, 3.05) is 26.7 Å². The van der Waals surface area contributed by atoms with Crippen molar-refractivity contribution in [1.82, 2.24) is 24.8 Å². The predicted octanol–water partition coefficient (Wildman–Crippen LogP) is 3.33. The lowest BCUT2D eigenvalue weighted by Gasteiger charge is -2.28. The van der Waals surface area contributed by atoms with E-state index >= 15 is 0 Å². The molecule has 1 fully saturated rings. The van der Waals surface area contributed by atoms with E-state index in [1.54, 1.807) is 18.3 Å². The number of hydrogen-bond donors (Lipinski definition) is 1. The summed E-state index contributed by atoms with van der Waals surface area (Å²) in [6.07, 6.45) is 5.84. The number of piperidine rings is 1. The van der Waals surface area contributed by atoms with Gasteiger partial charge < -0.3 is 10.2 Å². The number of rotatable bonds is 4. The molecule has 7 nitrogen and oxygen atoms in total. The maximum Gasteiger partial charge on any atom is 0.269 e. The van der Waals surface area contributed by atoms with Crippen LogP contribution in [-0.4, -0.2) is 64.2 Å². The molecule has 0 radical (unpaired) electrons. The molecular formula is C22H25F2N5O2. The van der Waals surface area contributed by atoms with Crippen molar-refractivity contribution in [3.05, 3.63) is 54.1 Å². The third-order valence-corrected chi connectivity index (χ3v) is 5.00. The minimum absolute atomic E-state index is 0.0312. The maximum absolute atomic E-state index is 12.4. The predicted molar refractivity (Wildman–Crippen MR) is 114 cm³/mol. The summed E-state index contributed by atoms with van der Waals surface area (Å²) >= 11 is 0. The zero-order chi connectivity index (χ0) is 22.4. The molecule has 0 aromatic carbocycles. The lowest BCUT2D eigenvalue weighted by Crippen LogP contribution is -2.36. The number of aromatic nitrogens is 3. The fourth-order valence-corrected chi connectivity index (χ4v) is 3.17. The summed E-state index contributed by atoms with van der Waals surface area (Å²) in [5, 5.41) is 3.58. The van der Waals surface area contributed by atoms with E-state index in [1.807, 2.05) is 41.8 Å². The average molecular weight is 429 g/mol. The largest absolute Gasteiger partial charge is 0.351 e. The Bertz CT molecular complexity index is 1040.